The van der Waals surface area contributed by atoms with Crippen LogP contribution in [0.1, 0.15) is 63.0 Å². The number of benzene rings is 6. The Morgan fingerprint density at radius 1 is 0.407 bits per heavy atom. The van der Waals surface area contributed by atoms with Crippen molar-refractivity contribution in [1.82, 2.24) is 57.1 Å². The molecule has 0 unspecified atom stereocenters. The molecule has 12 aromatic rings. The predicted octanol–water partition coefficient (Wildman–Crippen LogP) is 10.4. The number of nitrogens with zero attached hydrogens (tertiary/aromatic N) is 7. The molecule has 29 heteroatoms. The molecule has 0 atom stereocenters. The maximum absolute atomic E-state index is 13.4. The van der Waals surface area contributed by atoms with Crippen molar-refractivity contribution in [2.24, 2.45) is 0 Å². The molecule has 3 saturated heterocycles. The van der Waals surface area contributed by atoms with Crippen molar-refractivity contribution in [3.05, 3.63) is 212 Å². The number of carbonyl (C=O) groups excluding carboxylic acids is 3. The number of rotatable bonds is 11. The molecule has 0 radical (unpaired) electrons. The summed E-state index contributed by atoms with van der Waals surface area (Å²) in [7, 11) is -9.24. The number of hydrogen-bond donors (Lipinski definition) is 5. The van der Waals surface area contributed by atoms with Gasteiger partial charge in [0.05, 0.1) is 63.6 Å². The second kappa shape index (κ2) is 31.5. The maximum Gasteiger partial charge on any atom is 0.419 e. The van der Waals surface area contributed by atoms with Gasteiger partial charge in [0, 0.05) is 135 Å². The number of H-pyrrole nitrogens is 4. The number of piperazine rings is 3. The minimum absolute atomic E-state index is 0.116. The lowest BCUT2D eigenvalue weighted by atomic mass is 10.1. The Balaban J connectivity index is 0.000000143. The second-order valence-corrected chi connectivity index (χ2v) is 35.2. The van der Waals surface area contributed by atoms with E-state index in [1.54, 1.807) is 77.9 Å². The van der Waals surface area contributed by atoms with Crippen LogP contribution in [0.15, 0.2) is 178 Å². The Hall–Kier alpha value is -10.2. The molecular formula is C79H88N12O14S3. The highest BCUT2D eigenvalue weighted by Crippen LogP contribution is 2.33. The highest BCUT2D eigenvalue weighted by atomic mass is 32.2. The zero-order chi connectivity index (χ0) is 77.2. The van der Waals surface area contributed by atoms with E-state index < -0.39 is 53.5 Å². The van der Waals surface area contributed by atoms with E-state index in [1.165, 1.54) is 46.4 Å². The van der Waals surface area contributed by atoms with E-state index in [0.717, 1.165) is 93.7 Å². The van der Waals surface area contributed by atoms with E-state index in [-0.39, 0.29) is 16.7 Å². The molecule has 6 aromatic carbocycles. The van der Waals surface area contributed by atoms with Crippen LogP contribution in [-0.2, 0) is 52.6 Å². The van der Waals surface area contributed by atoms with Gasteiger partial charge in [-0.1, -0.05) is 66.7 Å². The lowest BCUT2D eigenvalue weighted by Crippen LogP contribution is -2.47. The number of carbonyl (C=O) groups is 3. The number of sulfonamides is 3. The number of nitrogens with one attached hydrogen (secondary N) is 5. The minimum Gasteiger partial charge on any atom is -0.443 e. The van der Waals surface area contributed by atoms with Crippen molar-refractivity contribution in [3.63, 3.8) is 0 Å². The van der Waals surface area contributed by atoms with Gasteiger partial charge in [0.25, 0.3) is 16.7 Å². The smallest absolute Gasteiger partial charge is 0.419 e. The van der Waals surface area contributed by atoms with Crippen LogP contribution >= 0.6 is 0 Å². The van der Waals surface area contributed by atoms with Gasteiger partial charge in [-0.15, -0.1) is 0 Å². The Morgan fingerprint density at radius 3 is 1.19 bits per heavy atom. The van der Waals surface area contributed by atoms with Gasteiger partial charge >= 0.3 is 12.2 Å². The first kappa shape index (κ1) is 77.4. The number of fused-ring (bicyclic) bond motifs is 6. The summed E-state index contributed by atoms with van der Waals surface area (Å²) < 4.78 is 87.5. The van der Waals surface area contributed by atoms with Crippen molar-refractivity contribution < 1.29 is 49.1 Å². The quantitative estimate of drug-likeness (QED) is 0.0752. The maximum atomic E-state index is 13.4. The molecule has 3 aliphatic heterocycles. The third-order valence-corrected chi connectivity index (χ3v) is 22.6. The number of aromatic amines is 4. The summed E-state index contributed by atoms with van der Waals surface area (Å²) in [6.07, 6.45) is 3.35. The highest BCUT2D eigenvalue weighted by Gasteiger charge is 2.29. The Labute approximate surface area is 625 Å². The second-order valence-electron chi connectivity index (χ2n) is 29.2. The van der Waals surface area contributed by atoms with Gasteiger partial charge in [0.1, 0.15) is 17.5 Å². The van der Waals surface area contributed by atoms with Crippen LogP contribution in [-0.4, -0.2) is 204 Å². The molecule has 5 N–H and O–H groups in total. The lowest BCUT2D eigenvalue weighted by Gasteiger charge is -2.33. The van der Waals surface area contributed by atoms with Gasteiger partial charge in [0.2, 0.25) is 30.1 Å². The molecule has 15 rings (SSSR count). The Morgan fingerprint density at radius 2 is 0.778 bits per heavy atom. The number of hydrogen-bond acceptors (Lipinski definition) is 17. The molecule has 0 saturated carbocycles. The zero-order valence-corrected chi connectivity index (χ0v) is 64.1. The average molecular weight is 1530 g/mol. The van der Waals surface area contributed by atoms with E-state index in [2.05, 4.69) is 47.2 Å². The van der Waals surface area contributed by atoms with Crippen LogP contribution in [0.4, 0.5) is 9.59 Å². The number of para-hydroxylation sites is 3. The SMILES string of the molecule is CC(C)(C)OC(=O)n1c(-c2cc3ccccc3[nH]c2=O)cc2cc(C=O)ccc21.CC(C)(C)OC(=O)n1c(-c2cc3ccccc3[nH]c2=O)cc2cc(CN3CCN(S(C)(=O)=O)CC3)ccc21.CS(=O)(=O)N1CCN(Cc2ccc3[nH]c(-c4cc5ccccc5[nH]c4=O)cc3c2)CC1.CS(=O)(=O)N1CCNCC1. The van der Waals surface area contributed by atoms with Gasteiger partial charge in [-0.2, -0.15) is 12.9 Å². The fourth-order valence-electron chi connectivity index (χ4n) is 13.5. The summed E-state index contributed by atoms with van der Waals surface area (Å²) in [6.45, 7) is 19.6. The van der Waals surface area contributed by atoms with Crippen LogP contribution in [0, 0.1) is 0 Å². The van der Waals surface area contributed by atoms with Gasteiger partial charge in [-0.3, -0.25) is 29.0 Å². The minimum atomic E-state index is -3.19. The summed E-state index contributed by atoms with van der Waals surface area (Å²) in [5, 5.41) is 8.30. The lowest BCUT2D eigenvalue weighted by molar-refractivity contribution is 0.0535. The first-order chi connectivity index (χ1) is 51.1. The predicted molar refractivity (Wildman–Crippen MR) is 424 cm³/mol. The molecule has 0 bridgehead atoms. The fraction of sp³-hybridized carbons (Fsp3) is 0.316. The number of ether oxygens (including phenoxy) is 2. The van der Waals surface area contributed by atoms with Gasteiger partial charge in [-0.05, 0) is 166 Å². The third kappa shape index (κ3) is 18.5. The number of pyridine rings is 3. The van der Waals surface area contributed by atoms with Gasteiger partial charge in [-0.25, -0.2) is 44.0 Å². The average Bonchev–Trinajstić information content (AvgIpc) is 1.60. The Kier molecular flexibility index (Phi) is 22.6. The van der Waals surface area contributed by atoms with Crippen molar-refractivity contribution in [2.45, 2.75) is 65.8 Å². The molecule has 566 valence electrons. The molecule has 0 aliphatic carbocycles. The zero-order valence-electron chi connectivity index (χ0n) is 61.6. The molecule has 6 aromatic heterocycles. The van der Waals surface area contributed by atoms with E-state index >= 15 is 0 Å². The first-order valence-electron chi connectivity index (χ1n) is 35.3. The number of aldehydes is 1. The Bertz CT molecular complexity index is 5960. The van der Waals surface area contributed by atoms with E-state index in [0.29, 0.717) is 114 Å². The van der Waals surface area contributed by atoms with Crippen LogP contribution in [0.3, 0.4) is 0 Å². The summed E-state index contributed by atoms with van der Waals surface area (Å²) in [4.78, 5) is 92.7. The molecule has 0 amide bonds. The molecule has 3 aliphatic rings. The molecule has 108 heavy (non-hydrogen) atoms. The largest absolute Gasteiger partial charge is 0.443 e. The van der Waals surface area contributed by atoms with Crippen LogP contribution in [0.5, 0.6) is 0 Å². The van der Waals surface area contributed by atoms with Crippen molar-refractivity contribution in [2.75, 3.05) is 97.3 Å². The summed E-state index contributed by atoms with van der Waals surface area (Å²) in [6, 6.07) is 50.8. The summed E-state index contributed by atoms with van der Waals surface area (Å²) in [5.74, 6) is 0. The monoisotopic (exact) mass is 1520 g/mol. The standard InChI is InChI=1S/C28H32N4O5S.C23H24N4O3S.C23H20N2O4.C5H12N2O2S/c1-28(2,3)37-27(34)32-24-10-9-19(18-30-11-13-31(14-12-30)38(4,35)36)15-21(24)17-25(32)22-16-20-7-5-6-8-23(20)29-26(22)33;1-31(29,30)27-10-8-26(9-11-27)15-16-6-7-21-18(12-16)14-22(24-21)19-13-17-4-2-3-5-20(17)25-23(19)28;1-23(2,3)29-22(28)25-19-9-8-14(13-26)10-16(19)12-20(25)17-11-15-6-4-5-7-18(15)24-21(17)27;1-10(8,9)7-4-2-6-3-5-7/h5-10,15-17H,11-14,18H2,1-4H3,(H,29,33);2-7,12-14,24H,8-11,15H2,1H3,(H,25,28);4-13H,1-3H3,(H,24,27);6H,2-5H2,1H3. The third-order valence-electron chi connectivity index (χ3n) is 18.7. The van der Waals surface area contributed by atoms with Crippen LogP contribution in [0.2, 0.25) is 0 Å². The normalized spacial score (nSPS) is 15.5. The van der Waals surface area contributed by atoms with Crippen LogP contribution in [0.25, 0.3) is 99.2 Å². The summed E-state index contributed by atoms with van der Waals surface area (Å²) in [5.41, 5.74) is 7.99. The highest BCUT2D eigenvalue weighted by molar-refractivity contribution is 7.88. The first-order valence-corrected chi connectivity index (χ1v) is 40.9. The van der Waals surface area contributed by atoms with Gasteiger partial charge < -0.3 is 34.7 Å². The van der Waals surface area contributed by atoms with E-state index in [1.807, 2.05) is 115 Å². The number of aromatic nitrogens is 6. The van der Waals surface area contributed by atoms with E-state index in [4.69, 9.17) is 9.47 Å². The molecule has 3 fully saturated rings. The van der Waals surface area contributed by atoms with E-state index in [9.17, 15) is 54.0 Å². The van der Waals surface area contributed by atoms with Crippen LogP contribution < -0.4 is 22.0 Å². The van der Waals surface area contributed by atoms with Crippen molar-refractivity contribution >= 4 is 114 Å². The molecule has 26 nitrogen and oxygen atoms in total. The summed E-state index contributed by atoms with van der Waals surface area (Å²) >= 11 is 0. The molecule has 0 spiro atoms. The molecule has 9 heterocycles. The van der Waals surface area contributed by atoms with Gasteiger partial charge in [0.15, 0.2) is 0 Å². The molecular weight excluding hydrogens is 1440 g/mol. The van der Waals surface area contributed by atoms with Crippen molar-refractivity contribution in [1.29, 1.82) is 0 Å². The van der Waals surface area contributed by atoms with Crippen molar-refractivity contribution in [3.8, 4) is 33.8 Å². The topological polar surface area (TPSA) is 325 Å². The fourth-order valence-corrected chi connectivity index (χ4v) is 16.0.